The van der Waals surface area contributed by atoms with Crippen molar-refractivity contribution in [1.29, 1.82) is 0 Å². The summed E-state index contributed by atoms with van der Waals surface area (Å²) < 4.78 is 10.2. The fourth-order valence-electron chi connectivity index (χ4n) is 2.82. The van der Waals surface area contributed by atoms with E-state index in [1.807, 2.05) is 6.07 Å². The molecule has 0 spiro atoms. The first-order chi connectivity index (χ1) is 11.1. The highest BCUT2D eigenvalue weighted by Crippen LogP contribution is 2.33. The van der Waals surface area contributed by atoms with Crippen molar-refractivity contribution in [3.05, 3.63) is 48.0 Å². The zero-order chi connectivity index (χ0) is 16.4. The van der Waals surface area contributed by atoms with E-state index in [1.165, 1.54) is 18.1 Å². The molecule has 3 rings (SSSR count). The van der Waals surface area contributed by atoms with Crippen molar-refractivity contribution in [1.82, 2.24) is 9.88 Å². The van der Waals surface area contributed by atoms with Crippen LogP contribution in [0.5, 0.6) is 5.95 Å². The molecule has 2 aromatic heterocycles. The van der Waals surface area contributed by atoms with E-state index in [4.69, 9.17) is 9.15 Å². The van der Waals surface area contributed by atoms with Gasteiger partial charge in [0.05, 0.1) is 13.0 Å². The minimum absolute atomic E-state index is 0.123. The number of likely N-dealkylation sites (tertiary alicyclic amines) is 1. The maximum absolute atomic E-state index is 12.5. The minimum Gasteiger partial charge on any atom is -0.481 e. The maximum Gasteiger partial charge on any atom is 0.309 e. The van der Waals surface area contributed by atoms with Crippen LogP contribution >= 0.6 is 0 Å². The summed E-state index contributed by atoms with van der Waals surface area (Å²) in [7, 11) is 1.44. The molecule has 1 aliphatic rings. The van der Waals surface area contributed by atoms with Crippen LogP contribution in [-0.2, 0) is 4.79 Å². The zero-order valence-electron chi connectivity index (χ0n) is 12.5. The third-order valence-electron chi connectivity index (χ3n) is 3.99. The van der Waals surface area contributed by atoms with Crippen LogP contribution in [0.15, 0.2) is 40.9 Å². The Hall–Kier alpha value is -2.83. The first-order valence-electron chi connectivity index (χ1n) is 7.17. The van der Waals surface area contributed by atoms with Gasteiger partial charge in [0.2, 0.25) is 0 Å². The lowest BCUT2D eigenvalue weighted by atomic mass is 9.93. The number of aliphatic carboxylic acids is 1. The number of hydrogen-bond acceptors (Lipinski definition) is 5. The lowest BCUT2D eigenvalue weighted by Gasteiger charge is -2.14. The molecule has 1 aliphatic heterocycles. The quantitative estimate of drug-likeness (QED) is 0.921. The molecule has 2 atom stereocenters. The van der Waals surface area contributed by atoms with Crippen molar-refractivity contribution in [2.75, 3.05) is 20.2 Å². The first kappa shape index (κ1) is 15.1. The average molecular weight is 316 g/mol. The zero-order valence-corrected chi connectivity index (χ0v) is 12.5. The number of ether oxygens (including phenoxy) is 1. The second kappa shape index (κ2) is 6.12. The highest BCUT2D eigenvalue weighted by Gasteiger charge is 2.41. The van der Waals surface area contributed by atoms with E-state index in [9.17, 15) is 14.7 Å². The Kier molecular flexibility index (Phi) is 4.01. The fourth-order valence-corrected chi connectivity index (χ4v) is 2.82. The molecule has 3 heterocycles. The van der Waals surface area contributed by atoms with E-state index in [0.717, 1.165) is 0 Å². The number of hydrogen-bond donors (Lipinski definition) is 1. The number of methoxy groups -OCH3 is 1. The summed E-state index contributed by atoms with van der Waals surface area (Å²) in [5, 5.41) is 9.45. The highest BCUT2D eigenvalue weighted by atomic mass is 16.6. The third kappa shape index (κ3) is 2.90. The summed E-state index contributed by atoms with van der Waals surface area (Å²) in [6, 6.07) is 8.43. The SMILES string of the molecule is COc1ccc(C(=O)N2C[C@H](C(=O)O)[C@@H](c3ccccn3)C2)o1. The Morgan fingerprint density at radius 3 is 2.74 bits per heavy atom. The van der Waals surface area contributed by atoms with Crippen molar-refractivity contribution < 1.29 is 23.8 Å². The molecule has 7 nitrogen and oxygen atoms in total. The van der Waals surface area contributed by atoms with Crippen molar-refractivity contribution in [2.24, 2.45) is 5.92 Å². The van der Waals surface area contributed by atoms with Crippen LogP contribution in [0.25, 0.3) is 0 Å². The minimum atomic E-state index is -0.937. The van der Waals surface area contributed by atoms with Gasteiger partial charge in [0.1, 0.15) is 0 Å². The molecule has 0 unspecified atom stereocenters. The summed E-state index contributed by atoms with van der Waals surface area (Å²) in [5.74, 6) is -1.94. The third-order valence-corrected chi connectivity index (χ3v) is 3.99. The number of nitrogens with zero attached hydrogens (tertiary/aromatic N) is 2. The molecule has 120 valence electrons. The number of pyridine rings is 1. The predicted molar refractivity (Wildman–Crippen MR) is 79.3 cm³/mol. The fraction of sp³-hybridized carbons (Fsp3) is 0.312. The number of carbonyl (C=O) groups is 2. The molecule has 0 bridgehead atoms. The lowest BCUT2D eigenvalue weighted by Crippen LogP contribution is -2.29. The number of carboxylic acids is 1. The Morgan fingerprint density at radius 1 is 1.30 bits per heavy atom. The number of furan rings is 1. The molecular formula is C16H16N2O5. The van der Waals surface area contributed by atoms with Gasteiger partial charge in [-0.05, 0) is 18.2 Å². The standard InChI is InChI=1S/C16H16N2O5/c1-22-14-6-5-13(23-14)15(19)18-8-10(11(9-18)16(20)21)12-4-2-3-7-17-12/h2-7,10-11H,8-9H2,1H3,(H,20,21)/t10-,11-/m0/s1. The number of amides is 1. The van der Waals surface area contributed by atoms with Gasteiger partial charge in [0.15, 0.2) is 5.76 Å². The first-order valence-corrected chi connectivity index (χ1v) is 7.17. The van der Waals surface area contributed by atoms with Gasteiger partial charge in [-0.1, -0.05) is 6.07 Å². The van der Waals surface area contributed by atoms with E-state index >= 15 is 0 Å². The Morgan fingerprint density at radius 2 is 2.13 bits per heavy atom. The van der Waals surface area contributed by atoms with Crippen molar-refractivity contribution >= 4 is 11.9 Å². The predicted octanol–water partition coefficient (Wildman–Crippen LogP) is 1.62. The average Bonchev–Trinajstić information content (AvgIpc) is 3.22. The maximum atomic E-state index is 12.5. The summed E-state index contributed by atoms with van der Waals surface area (Å²) >= 11 is 0. The van der Waals surface area contributed by atoms with Crippen LogP contribution in [0.1, 0.15) is 22.2 Å². The number of carboxylic acid groups (broad SMARTS) is 1. The van der Waals surface area contributed by atoms with Gasteiger partial charge in [-0.15, -0.1) is 0 Å². The molecule has 23 heavy (non-hydrogen) atoms. The Bertz CT molecular complexity index is 712. The van der Waals surface area contributed by atoms with Crippen molar-refractivity contribution in [3.8, 4) is 5.95 Å². The van der Waals surface area contributed by atoms with Crippen LogP contribution in [0.3, 0.4) is 0 Å². The molecular weight excluding hydrogens is 300 g/mol. The van der Waals surface area contributed by atoms with E-state index in [0.29, 0.717) is 5.69 Å². The van der Waals surface area contributed by atoms with Gasteiger partial charge < -0.3 is 19.2 Å². The van der Waals surface area contributed by atoms with Crippen molar-refractivity contribution in [3.63, 3.8) is 0 Å². The summed E-state index contributed by atoms with van der Waals surface area (Å²) in [5.41, 5.74) is 0.673. The van der Waals surface area contributed by atoms with Crippen LogP contribution in [0.4, 0.5) is 0 Å². The number of rotatable bonds is 4. The molecule has 0 aliphatic carbocycles. The Balaban J connectivity index is 1.82. The number of aromatic nitrogens is 1. The topological polar surface area (TPSA) is 92.9 Å². The van der Waals surface area contributed by atoms with Crippen LogP contribution < -0.4 is 4.74 Å². The van der Waals surface area contributed by atoms with E-state index < -0.39 is 11.9 Å². The molecule has 2 aromatic rings. The lowest BCUT2D eigenvalue weighted by molar-refractivity contribution is -0.141. The van der Waals surface area contributed by atoms with Gasteiger partial charge in [-0.2, -0.15) is 0 Å². The van der Waals surface area contributed by atoms with Gasteiger partial charge in [-0.25, -0.2) is 0 Å². The Labute approximate surface area is 132 Å². The second-order valence-corrected chi connectivity index (χ2v) is 5.34. The monoisotopic (exact) mass is 316 g/mol. The number of carbonyl (C=O) groups excluding carboxylic acids is 1. The molecule has 0 saturated carbocycles. The van der Waals surface area contributed by atoms with Gasteiger partial charge in [0.25, 0.3) is 11.9 Å². The molecule has 0 aromatic carbocycles. The van der Waals surface area contributed by atoms with Crippen LogP contribution in [0, 0.1) is 5.92 Å². The largest absolute Gasteiger partial charge is 0.481 e. The van der Waals surface area contributed by atoms with Gasteiger partial charge >= 0.3 is 5.97 Å². The second-order valence-electron chi connectivity index (χ2n) is 5.34. The molecule has 0 radical (unpaired) electrons. The summed E-state index contributed by atoms with van der Waals surface area (Å²) in [4.78, 5) is 29.7. The summed E-state index contributed by atoms with van der Waals surface area (Å²) in [6.45, 7) is 0.411. The van der Waals surface area contributed by atoms with Crippen molar-refractivity contribution in [2.45, 2.75) is 5.92 Å². The van der Waals surface area contributed by atoms with Gasteiger partial charge in [0, 0.05) is 37.0 Å². The molecule has 1 saturated heterocycles. The van der Waals surface area contributed by atoms with E-state index in [1.54, 1.807) is 24.4 Å². The van der Waals surface area contributed by atoms with Gasteiger partial charge in [-0.3, -0.25) is 14.6 Å². The smallest absolute Gasteiger partial charge is 0.309 e. The molecule has 1 fully saturated rings. The molecule has 7 heteroatoms. The van der Waals surface area contributed by atoms with Crippen LogP contribution in [0.2, 0.25) is 0 Å². The van der Waals surface area contributed by atoms with E-state index in [-0.39, 0.29) is 36.6 Å². The normalized spacial score (nSPS) is 20.5. The molecule has 1 amide bonds. The van der Waals surface area contributed by atoms with E-state index in [2.05, 4.69) is 4.98 Å². The summed E-state index contributed by atoms with van der Waals surface area (Å²) in [6.07, 6.45) is 1.62. The highest BCUT2D eigenvalue weighted by molar-refractivity contribution is 5.92. The molecule has 1 N–H and O–H groups in total. The van der Waals surface area contributed by atoms with Crippen LogP contribution in [-0.4, -0.2) is 47.1 Å².